The van der Waals surface area contributed by atoms with E-state index in [-0.39, 0.29) is 11.5 Å². The Kier molecular flexibility index (Phi) is 5.22. The Bertz CT molecular complexity index is 393. The van der Waals surface area contributed by atoms with Crippen molar-refractivity contribution in [3.63, 3.8) is 0 Å². The van der Waals surface area contributed by atoms with Gasteiger partial charge in [0.15, 0.2) is 6.29 Å². The summed E-state index contributed by atoms with van der Waals surface area (Å²) in [6.45, 7) is 5.34. The Morgan fingerprint density at radius 3 is 2.65 bits per heavy atom. The van der Waals surface area contributed by atoms with Crippen LogP contribution in [0.3, 0.4) is 0 Å². The van der Waals surface area contributed by atoms with E-state index in [1.54, 1.807) is 0 Å². The first-order valence-electron chi connectivity index (χ1n) is 5.75. The third-order valence-corrected chi connectivity index (χ3v) is 2.65. The van der Waals surface area contributed by atoms with Crippen molar-refractivity contribution in [2.24, 2.45) is 0 Å². The van der Waals surface area contributed by atoms with Crippen LogP contribution in [0.2, 0.25) is 0 Å². The van der Waals surface area contributed by atoms with Gasteiger partial charge in [-0.3, -0.25) is 4.79 Å². The molecule has 1 unspecified atom stereocenters. The van der Waals surface area contributed by atoms with Crippen LogP contribution in [0.5, 0.6) is 0 Å². The molecule has 1 atom stereocenters. The maximum absolute atomic E-state index is 13.5. The first-order valence-corrected chi connectivity index (χ1v) is 5.75. The van der Waals surface area contributed by atoms with E-state index in [9.17, 15) is 13.6 Å². The monoisotopic (exact) mass is 241 g/mol. The van der Waals surface area contributed by atoms with Crippen LogP contribution >= 0.6 is 0 Å². The van der Waals surface area contributed by atoms with Gasteiger partial charge in [-0.15, -0.1) is 0 Å². The van der Waals surface area contributed by atoms with E-state index in [1.165, 1.54) is 6.07 Å². The molecule has 0 aliphatic rings. The molecule has 0 amide bonds. The molecule has 1 aromatic rings. The fourth-order valence-electron chi connectivity index (χ4n) is 1.66. The van der Waals surface area contributed by atoms with Crippen LogP contribution in [0.25, 0.3) is 0 Å². The molecule has 0 aromatic heterocycles. The van der Waals surface area contributed by atoms with Gasteiger partial charge in [-0.1, -0.05) is 13.8 Å². The highest BCUT2D eigenvalue weighted by molar-refractivity contribution is 5.75. The highest BCUT2D eigenvalue weighted by Gasteiger charge is 2.14. The number of hydrogen-bond acceptors (Lipinski definition) is 2. The zero-order chi connectivity index (χ0) is 12.8. The molecule has 0 saturated carbocycles. The molecular weight excluding hydrogens is 224 g/mol. The number of aldehydes is 1. The maximum atomic E-state index is 13.5. The predicted octanol–water partition coefficient (Wildman–Crippen LogP) is 2.88. The molecule has 4 heteroatoms. The fraction of sp³-hybridized carbons (Fsp3) is 0.462. The highest BCUT2D eigenvalue weighted by Crippen LogP contribution is 2.21. The molecule has 0 aliphatic heterocycles. The van der Waals surface area contributed by atoms with Crippen molar-refractivity contribution in [3.05, 3.63) is 34.9 Å². The second kappa shape index (κ2) is 6.45. The van der Waals surface area contributed by atoms with E-state index in [0.717, 1.165) is 19.0 Å². The first kappa shape index (κ1) is 13.8. The number of carbonyl (C=O) groups is 1. The largest absolute Gasteiger partial charge is 0.316 e. The molecular formula is C13H17F2NO. The summed E-state index contributed by atoms with van der Waals surface area (Å²) in [5.74, 6) is -1.50. The molecule has 0 radical (unpaired) electrons. The zero-order valence-corrected chi connectivity index (χ0v) is 10.1. The molecule has 0 saturated heterocycles. The Hall–Kier alpha value is -1.29. The van der Waals surface area contributed by atoms with Crippen LogP contribution in [0.1, 0.15) is 42.1 Å². The van der Waals surface area contributed by atoms with Gasteiger partial charge in [-0.05, 0) is 30.5 Å². The smallest absolute Gasteiger partial charge is 0.153 e. The quantitative estimate of drug-likeness (QED) is 0.613. The summed E-state index contributed by atoms with van der Waals surface area (Å²) in [4.78, 5) is 10.6. The van der Waals surface area contributed by atoms with Gasteiger partial charge in [0.25, 0.3) is 0 Å². The molecule has 94 valence electrons. The topological polar surface area (TPSA) is 29.1 Å². The van der Waals surface area contributed by atoms with Gasteiger partial charge in [0.1, 0.15) is 11.6 Å². The molecule has 1 N–H and O–H groups in total. The molecule has 2 nitrogen and oxygen atoms in total. The van der Waals surface area contributed by atoms with E-state index in [1.807, 2.05) is 13.8 Å². The minimum absolute atomic E-state index is 0.0938. The average Bonchev–Trinajstić information content (AvgIpc) is 2.29. The van der Waals surface area contributed by atoms with Gasteiger partial charge in [-0.25, -0.2) is 8.78 Å². The van der Waals surface area contributed by atoms with E-state index < -0.39 is 11.6 Å². The minimum atomic E-state index is -0.810. The van der Waals surface area contributed by atoms with Crippen molar-refractivity contribution in [1.29, 1.82) is 0 Å². The zero-order valence-electron chi connectivity index (χ0n) is 10.1. The number of benzene rings is 1. The van der Waals surface area contributed by atoms with Crippen molar-refractivity contribution < 1.29 is 13.6 Å². The summed E-state index contributed by atoms with van der Waals surface area (Å²) in [6.07, 6.45) is 1.41. The second-order valence-corrected chi connectivity index (χ2v) is 4.12. The van der Waals surface area contributed by atoms with Crippen molar-refractivity contribution in [3.8, 4) is 0 Å². The van der Waals surface area contributed by atoms with Gasteiger partial charge in [-0.2, -0.15) is 0 Å². The number of rotatable bonds is 6. The SMILES string of the molecule is CCCNCC(C)c1cc(C=O)c(F)cc1F. The van der Waals surface area contributed by atoms with Gasteiger partial charge in [0.05, 0.1) is 5.56 Å². The lowest BCUT2D eigenvalue weighted by molar-refractivity contribution is 0.111. The summed E-state index contributed by atoms with van der Waals surface area (Å²) in [7, 11) is 0. The minimum Gasteiger partial charge on any atom is -0.316 e. The van der Waals surface area contributed by atoms with Crippen molar-refractivity contribution in [2.75, 3.05) is 13.1 Å². The van der Waals surface area contributed by atoms with Crippen LogP contribution in [0.4, 0.5) is 8.78 Å². The molecule has 0 fully saturated rings. The van der Waals surface area contributed by atoms with E-state index in [0.29, 0.717) is 18.4 Å². The number of nitrogens with one attached hydrogen (secondary N) is 1. The third kappa shape index (κ3) is 3.60. The number of halogens is 2. The highest BCUT2D eigenvalue weighted by atomic mass is 19.1. The van der Waals surface area contributed by atoms with Crippen molar-refractivity contribution in [2.45, 2.75) is 26.2 Å². The molecule has 0 aliphatic carbocycles. The summed E-state index contributed by atoms with van der Waals surface area (Å²) in [5, 5.41) is 3.16. The third-order valence-electron chi connectivity index (χ3n) is 2.65. The van der Waals surface area contributed by atoms with Crippen molar-refractivity contribution >= 4 is 6.29 Å². The summed E-state index contributed by atoms with van der Waals surface area (Å²) in [5.41, 5.74) is 0.279. The molecule has 1 rings (SSSR count). The molecule has 0 bridgehead atoms. The lowest BCUT2D eigenvalue weighted by Crippen LogP contribution is -2.21. The summed E-state index contributed by atoms with van der Waals surface area (Å²) >= 11 is 0. The predicted molar refractivity (Wildman–Crippen MR) is 63.3 cm³/mol. The molecule has 0 heterocycles. The van der Waals surface area contributed by atoms with Gasteiger partial charge < -0.3 is 5.32 Å². The number of hydrogen-bond donors (Lipinski definition) is 1. The van der Waals surface area contributed by atoms with Crippen LogP contribution in [0, 0.1) is 11.6 Å². The van der Waals surface area contributed by atoms with Crippen LogP contribution in [-0.4, -0.2) is 19.4 Å². The normalized spacial score (nSPS) is 12.5. The van der Waals surface area contributed by atoms with Crippen LogP contribution < -0.4 is 5.32 Å². The second-order valence-electron chi connectivity index (χ2n) is 4.12. The van der Waals surface area contributed by atoms with Crippen molar-refractivity contribution in [1.82, 2.24) is 5.32 Å². The first-order chi connectivity index (χ1) is 8.10. The molecule has 0 spiro atoms. The maximum Gasteiger partial charge on any atom is 0.153 e. The van der Waals surface area contributed by atoms with E-state index in [4.69, 9.17) is 0 Å². The van der Waals surface area contributed by atoms with Crippen LogP contribution in [0.15, 0.2) is 12.1 Å². The van der Waals surface area contributed by atoms with Gasteiger partial charge in [0.2, 0.25) is 0 Å². The summed E-state index contributed by atoms with van der Waals surface area (Å²) < 4.78 is 26.7. The molecule has 17 heavy (non-hydrogen) atoms. The van der Waals surface area contributed by atoms with E-state index in [2.05, 4.69) is 5.32 Å². The Morgan fingerprint density at radius 2 is 2.06 bits per heavy atom. The fourth-order valence-corrected chi connectivity index (χ4v) is 1.66. The summed E-state index contributed by atoms with van der Waals surface area (Å²) in [6, 6.07) is 2.06. The molecule has 1 aromatic carbocycles. The lowest BCUT2D eigenvalue weighted by Gasteiger charge is -2.14. The van der Waals surface area contributed by atoms with E-state index >= 15 is 0 Å². The number of carbonyl (C=O) groups excluding carboxylic acids is 1. The average molecular weight is 241 g/mol. The van der Waals surface area contributed by atoms with Gasteiger partial charge in [0, 0.05) is 12.6 Å². The Morgan fingerprint density at radius 1 is 1.35 bits per heavy atom. The van der Waals surface area contributed by atoms with Crippen LogP contribution in [-0.2, 0) is 0 Å². The standard InChI is InChI=1S/C13H17F2NO/c1-3-4-16-7-9(2)11-5-10(8-17)12(14)6-13(11)15/h5-6,8-9,16H,3-4,7H2,1-2H3. The Labute approximate surface area is 100 Å². The lowest BCUT2D eigenvalue weighted by atomic mass is 9.98. The Balaban J connectivity index is 2.85. The van der Waals surface area contributed by atoms with Gasteiger partial charge >= 0.3 is 0 Å².